The zero-order valence-corrected chi connectivity index (χ0v) is 18.6. The number of fused-ring (bicyclic) bond motifs is 1. The van der Waals surface area contributed by atoms with Crippen molar-refractivity contribution in [3.8, 4) is 6.07 Å². The molecule has 184 valence electrons. The summed E-state index contributed by atoms with van der Waals surface area (Å²) in [5, 5.41) is 26.0. The van der Waals surface area contributed by atoms with Gasteiger partial charge in [-0.15, -0.1) is 0 Å². The van der Waals surface area contributed by atoms with E-state index in [1.165, 1.54) is 31.2 Å². The molecule has 0 aliphatic carbocycles. The largest absolute Gasteiger partial charge is 0.437 e. The number of nitrogens with two attached hydrogens (primary N) is 1. The fourth-order valence-corrected chi connectivity index (χ4v) is 3.74. The van der Waals surface area contributed by atoms with Gasteiger partial charge in [-0.05, 0) is 36.8 Å². The molecule has 0 spiro atoms. The number of primary amides is 1. The number of aromatic nitrogens is 3. The number of para-hydroxylation sites is 1. The third-order valence-electron chi connectivity index (χ3n) is 5.54. The number of amides is 1. The molecule has 2 aromatic carbocycles. The Labute approximate surface area is 201 Å². The molecule has 0 saturated carbocycles. The van der Waals surface area contributed by atoms with Crippen LogP contribution in [0.1, 0.15) is 44.8 Å². The summed E-state index contributed by atoms with van der Waals surface area (Å²) in [6.07, 6.45) is -6.67. The summed E-state index contributed by atoms with van der Waals surface area (Å²) in [5.74, 6) is -1.80. The second-order valence-electron chi connectivity index (χ2n) is 7.92. The fourth-order valence-electron chi connectivity index (χ4n) is 3.74. The van der Waals surface area contributed by atoms with E-state index in [0.717, 1.165) is 16.8 Å². The highest BCUT2D eigenvalue weighted by Crippen LogP contribution is 2.38. The number of anilines is 1. The van der Waals surface area contributed by atoms with Gasteiger partial charge in [0.25, 0.3) is 5.91 Å². The van der Waals surface area contributed by atoms with Crippen molar-refractivity contribution in [2.75, 3.05) is 5.32 Å². The van der Waals surface area contributed by atoms with Gasteiger partial charge in [0.1, 0.15) is 17.0 Å². The fraction of sp³-hybridized carbons (Fsp3) is 0.167. The van der Waals surface area contributed by atoms with Crippen molar-refractivity contribution < 1.29 is 27.5 Å². The molecule has 0 saturated heterocycles. The van der Waals surface area contributed by atoms with Crippen molar-refractivity contribution in [2.24, 2.45) is 5.73 Å². The second-order valence-corrected chi connectivity index (χ2v) is 7.92. The van der Waals surface area contributed by atoms with E-state index in [-0.39, 0.29) is 34.4 Å². The lowest BCUT2D eigenvalue weighted by molar-refractivity contribution is -0.140. The summed E-state index contributed by atoms with van der Waals surface area (Å²) in [4.78, 5) is 15.6. The molecule has 4 N–H and O–H groups in total. The Morgan fingerprint density at radius 1 is 1.25 bits per heavy atom. The van der Waals surface area contributed by atoms with E-state index >= 15 is 0 Å². The van der Waals surface area contributed by atoms with Crippen molar-refractivity contribution >= 4 is 22.5 Å². The first-order chi connectivity index (χ1) is 17.0. The normalized spacial score (nSPS) is 12.4. The molecule has 0 aliphatic rings. The van der Waals surface area contributed by atoms with Gasteiger partial charge in [0.2, 0.25) is 0 Å². The van der Waals surface area contributed by atoms with Gasteiger partial charge in [-0.2, -0.15) is 23.5 Å². The molecule has 8 nitrogen and oxygen atoms in total. The number of nitrogens with one attached hydrogen (secondary N) is 1. The van der Waals surface area contributed by atoms with Gasteiger partial charge in [-0.25, -0.2) is 9.37 Å². The Bertz CT molecular complexity index is 1510. The Kier molecular flexibility index (Phi) is 6.34. The lowest BCUT2D eigenvalue weighted by Crippen LogP contribution is -2.18. The van der Waals surface area contributed by atoms with Crippen LogP contribution >= 0.6 is 0 Å². The molecule has 0 bridgehead atoms. The average molecular weight is 498 g/mol. The van der Waals surface area contributed by atoms with E-state index in [0.29, 0.717) is 11.1 Å². The number of nitriles is 1. The van der Waals surface area contributed by atoms with Gasteiger partial charge in [0.15, 0.2) is 11.9 Å². The van der Waals surface area contributed by atoms with Crippen LogP contribution in [0, 0.1) is 24.1 Å². The van der Waals surface area contributed by atoms with Crippen LogP contribution < -0.4 is 11.1 Å². The summed E-state index contributed by atoms with van der Waals surface area (Å²) >= 11 is 0. The number of pyridine rings is 1. The van der Waals surface area contributed by atoms with Crippen LogP contribution in [0.15, 0.2) is 48.5 Å². The van der Waals surface area contributed by atoms with Crippen LogP contribution in [0.3, 0.4) is 0 Å². The second kappa shape index (κ2) is 9.27. The average Bonchev–Trinajstić information content (AvgIpc) is 3.14. The Morgan fingerprint density at radius 2 is 1.94 bits per heavy atom. The van der Waals surface area contributed by atoms with Crippen LogP contribution in [-0.4, -0.2) is 25.8 Å². The number of halogens is 4. The Balaban J connectivity index is 1.77. The summed E-state index contributed by atoms with van der Waals surface area (Å²) < 4.78 is 57.0. The SMILES string of the molecule is Cc1c(NC(O)c2cc(C(N)=O)nc3c(F)cccc23)c(C(F)(F)F)nn1Cc1ccc(C#N)cc1. The van der Waals surface area contributed by atoms with Crippen molar-refractivity contribution in [1.82, 2.24) is 14.8 Å². The van der Waals surface area contributed by atoms with E-state index < -0.39 is 35.5 Å². The van der Waals surface area contributed by atoms with Gasteiger partial charge in [0, 0.05) is 10.9 Å². The van der Waals surface area contributed by atoms with E-state index in [4.69, 9.17) is 11.0 Å². The monoisotopic (exact) mass is 498 g/mol. The number of carbonyl (C=O) groups is 1. The lowest BCUT2D eigenvalue weighted by atomic mass is 10.0. The minimum atomic E-state index is -4.87. The number of rotatable bonds is 6. The molecular formula is C24H18F4N6O2. The highest BCUT2D eigenvalue weighted by Gasteiger charge is 2.39. The predicted molar refractivity (Wildman–Crippen MR) is 121 cm³/mol. The molecule has 0 radical (unpaired) electrons. The number of benzene rings is 2. The predicted octanol–water partition coefficient (Wildman–Crippen LogP) is 4.02. The molecule has 2 heterocycles. The standard InChI is InChI=1S/C24H18F4N6O2/c1-12-19(21(24(26,27)28)33-34(12)11-14-7-5-13(10-29)6-8-14)32-23(36)16-9-18(22(30)35)31-20-15(16)3-2-4-17(20)25/h2-9,23,32,36H,11H2,1H3,(H2,30,35). The zero-order chi connectivity index (χ0) is 26.2. The highest BCUT2D eigenvalue weighted by atomic mass is 19.4. The topological polar surface area (TPSA) is 130 Å². The first-order valence-corrected chi connectivity index (χ1v) is 10.5. The third-order valence-corrected chi connectivity index (χ3v) is 5.54. The summed E-state index contributed by atoms with van der Waals surface area (Å²) in [7, 11) is 0. The van der Waals surface area contributed by atoms with Crippen molar-refractivity contribution in [3.63, 3.8) is 0 Å². The maximum atomic E-state index is 14.3. The van der Waals surface area contributed by atoms with Gasteiger partial charge >= 0.3 is 6.18 Å². The summed E-state index contributed by atoms with van der Waals surface area (Å²) in [6, 6.07) is 13.1. The number of alkyl halides is 3. The smallest absolute Gasteiger partial charge is 0.369 e. The number of carbonyl (C=O) groups excluding carboxylic acids is 1. The zero-order valence-electron chi connectivity index (χ0n) is 18.6. The first-order valence-electron chi connectivity index (χ1n) is 10.5. The summed E-state index contributed by atoms with van der Waals surface area (Å²) in [6.45, 7) is 1.35. The molecule has 0 aliphatic heterocycles. The van der Waals surface area contributed by atoms with Crippen LogP contribution in [0.2, 0.25) is 0 Å². The van der Waals surface area contributed by atoms with Crippen LogP contribution in [0.25, 0.3) is 10.9 Å². The molecule has 4 aromatic rings. The Hall–Kier alpha value is -4.50. The third kappa shape index (κ3) is 4.69. The number of aliphatic hydroxyl groups excluding tert-OH is 1. The Morgan fingerprint density at radius 3 is 2.56 bits per heavy atom. The number of hydrogen-bond donors (Lipinski definition) is 3. The van der Waals surface area contributed by atoms with Gasteiger partial charge < -0.3 is 16.2 Å². The van der Waals surface area contributed by atoms with Crippen LogP contribution in [0.5, 0.6) is 0 Å². The molecule has 4 rings (SSSR count). The minimum absolute atomic E-state index is 0.0341. The molecule has 1 amide bonds. The molecule has 2 aromatic heterocycles. The quantitative estimate of drug-likeness (QED) is 0.272. The van der Waals surface area contributed by atoms with E-state index in [9.17, 15) is 27.5 Å². The highest BCUT2D eigenvalue weighted by molar-refractivity contribution is 5.95. The number of aliphatic hydroxyl groups is 1. The molecule has 12 heteroatoms. The number of hydrogen-bond acceptors (Lipinski definition) is 6. The molecule has 1 unspecified atom stereocenters. The van der Waals surface area contributed by atoms with Gasteiger partial charge in [0.05, 0.1) is 29.6 Å². The van der Waals surface area contributed by atoms with Gasteiger partial charge in [-0.1, -0.05) is 24.3 Å². The lowest BCUT2D eigenvalue weighted by Gasteiger charge is -2.18. The maximum absolute atomic E-state index is 14.3. The van der Waals surface area contributed by atoms with Crippen molar-refractivity contribution in [2.45, 2.75) is 25.9 Å². The minimum Gasteiger partial charge on any atom is -0.369 e. The van der Waals surface area contributed by atoms with Crippen LogP contribution in [0.4, 0.5) is 23.2 Å². The van der Waals surface area contributed by atoms with E-state index in [1.54, 1.807) is 12.1 Å². The molecule has 36 heavy (non-hydrogen) atoms. The van der Waals surface area contributed by atoms with Crippen molar-refractivity contribution in [1.29, 1.82) is 5.26 Å². The van der Waals surface area contributed by atoms with Crippen LogP contribution in [-0.2, 0) is 12.7 Å². The van der Waals surface area contributed by atoms with Gasteiger partial charge in [-0.3, -0.25) is 9.48 Å². The molecule has 0 fully saturated rings. The van der Waals surface area contributed by atoms with Crippen molar-refractivity contribution in [3.05, 3.63) is 88.1 Å². The first kappa shape index (κ1) is 24.6. The van der Waals surface area contributed by atoms with E-state index in [1.807, 2.05) is 6.07 Å². The maximum Gasteiger partial charge on any atom is 0.437 e. The molecular weight excluding hydrogens is 480 g/mol. The number of nitrogens with zero attached hydrogens (tertiary/aromatic N) is 4. The van der Waals surface area contributed by atoms with E-state index in [2.05, 4.69) is 15.4 Å². The molecule has 1 atom stereocenters. The summed E-state index contributed by atoms with van der Waals surface area (Å²) in [5.41, 5.74) is 3.83.